The van der Waals surface area contributed by atoms with Gasteiger partial charge in [0, 0.05) is 38.1 Å². The molecule has 1 saturated heterocycles. The third-order valence-electron chi connectivity index (χ3n) is 4.83. The van der Waals surface area contributed by atoms with Crippen molar-refractivity contribution < 1.29 is 21.6 Å². The van der Waals surface area contributed by atoms with Gasteiger partial charge in [0.2, 0.25) is 0 Å². The second kappa shape index (κ2) is 9.68. The predicted molar refractivity (Wildman–Crippen MR) is 118 cm³/mol. The number of sulfonamides is 1. The molecule has 1 aliphatic heterocycles. The molecular weight excluding hydrogens is 536 g/mol. The Hall–Kier alpha value is -1.61. The highest BCUT2D eigenvalue weighted by molar-refractivity contribution is 14.0. The van der Waals surface area contributed by atoms with Gasteiger partial charge in [-0.25, -0.2) is 13.4 Å². The maximum Gasteiger partial charge on any atom is 0.511 e. The van der Waals surface area contributed by atoms with E-state index < -0.39 is 15.5 Å². The quantitative estimate of drug-likeness (QED) is 0.340. The Bertz CT molecular complexity index is 1000. The second-order valence-electron chi connectivity index (χ2n) is 6.82. The van der Waals surface area contributed by atoms with Crippen LogP contribution in [-0.2, 0) is 16.6 Å². The number of aliphatic imine (C=N–C) groups is 1. The molecule has 0 unspecified atom stereocenters. The first-order valence-corrected chi connectivity index (χ1v) is 10.5. The van der Waals surface area contributed by atoms with Gasteiger partial charge in [-0.15, -0.1) is 24.0 Å². The number of hydrogen-bond donors (Lipinski definition) is 2. The predicted octanol–water partition coefficient (Wildman–Crippen LogP) is 2.24. The minimum Gasteiger partial charge on any atom is -0.354 e. The molecule has 0 aliphatic carbocycles. The Morgan fingerprint density at radius 3 is 2.53 bits per heavy atom. The van der Waals surface area contributed by atoms with Crippen molar-refractivity contribution in [1.82, 2.24) is 24.3 Å². The highest BCUT2D eigenvalue weighted by atomic mass is 127. The number of nitrogens with zero attached hydrogens (tertiary/aromatic N) is 4. The lowest BCUT2D eigenvalue weighted by atomic mass is 10.1. The molecule has 13 heteroatoms. The van der Waals surface area contributed by atoms with Gasteiger partial charge >= 0.3 is 15.5 Å². The van der Waals surface area contributed by atoms with Crippen LogP contribution in [0.1, 0.15) is 24.2 Å². The fraction of sp³-hybridized carbons (Fsp3) is 0.529. The number of guanidine groups is 1. The largest absolute Gasteiger partial charge is 0.511 e. The molecule has 1 aliphatic rings. The van der Waals surface area contributed by atoms with Gasteiger partial charge in [0.1, 0.15) is 5.65 Å². The maximum absolute atomic E-state index is 12.7. The van der Waals surface area contributed by atoms with Crippen LogP contribution >= 0.6 is 24.0 Å². The number of imidazole rings is 1. The molecule has 0 radical (unpaired) electrons. The molecule has 2 aromatic rings. The number of aryl methyl sites for hydroxylation is 1. The van der Waals surface area contributed by atoms with Gasteiger partial charge in [0.15, 0.2) is 5.96 Å². The SMILES string of the molecule is CN=C(NCc1cn2c(C)cccc2n1)NC1CCN(S(=O)(=O)C(F)(F)F)CC1.I. The normalized spacial score (nSPS) is 17.0. The number of pyridine rings is 1. The molecule has 2 N–H and O–H groups in total. The first-order valence-electron chi connectivity index (χ1n) is 9.09. The molecule has 0 saturated carbocycles. The van der Waals surface area contributed by atoms with Crippen LogP contribution in [0.2, 0.25) is 0 Å². The van der Waals surface area contributed by atoms with Crippen molar-refractivity contribution in [1.29, 1.82) is 0 Å². The maximum atomic E-state index is 12.7. The molecule has 0 spiro atoms. The molecule has 30 heavy (non-hydrogen) atoms. The van der Waals surface area contributed by atoms with Crippen molar-refractivity contribution in [3.8, 4) is 0 Å². The highest BCUT2D eigenvalue weighted by Gasteiger charge is 2.50. The minimum absolute atomic E-state index is 0. The van der Waals surface area contributed by atoms with E-state index in [-0.39, 0.29) is 55.9 Å². The van der Waals surface area contributed by atoms with E-state index in [1.165, 1.54) is 0 Å². The summed E-state index contributed by atoms with van der Waals surface area (Å²) in [4.78, 5) is 8.65. The molecule has 8 nitrogen and oxygen atoms in total. The number of fused-ring (bicyclic) bond motifs is 1. The molecule has 1 fully saturated rings. The molecule has 0 aromatic carbocycles. The van der Waals surface area contributed by atoms with Crippen LogP contribution in [0.15, 0.2) is 29.4 Å². The van der Waals surface area contributed by atoms with Crippen LogP contribution in [0.4, 0.5) is 13.2 Å². The van der Waals surface area contributed by atoms with Crippen molar-refractivity contribution in [3.63, 3.8) is 0 Å². The van der Waals surface area contributed by atoms with Crippen molar-refractivity contribution in [2.45, 2.75) is 37.9 Å². The number of piperidine rings is 1. The van der Waals surface area contributed by atoms with Crippen LogP contribution in [-0.4, -0.2) is 59.8 Å². The second-order valence-corrected chi connectivity index (χ2v) is 8.75. The van der Waals surface area contributed by atoms with E-state index in [0.717, 1.165) is 17.0 Å². The zero-order valence-corrected chi connectivity index (χ0v) is 19.6. The summed E-state index contributed by atoms with van der Waals surface area (Å²) in [6.45, 7) is 2.02. The van der Waals surface area contributed by atoms with Gasteiger partial charge in [-0.2, -0.15) is 17.5 Å². The van der Waals surface area contributed by atoms with Crippen LogP contribution in [0.5, 0.6) is 0 Å². The molecule has 3 rings (SSSR count). The van der Waals surface area contributed by atoms with Crippen molar-refractivity contribution in [3.05, 3.63) is 35.8 Å². The first kappa shape index (κ1) is 24.7. The summed E-state index contributed by atoms with van der Waals surface area (Å²) in [5.74, 6) is 0.482. The van der Waals surface area contributed by atoms with Crippen molar-refractivity contribution in [2.24, 2.45) is 4.99 Å². The number of nitrogens with one attached hydrogen (secondary N) is 2. The number of hydrogen-bond acceptors (Lipinski definition) is 4. The zero-order chi connectivity index (χ0) is 21.2. The van der Waals surface area contributed by atoms with E-state index in [1.807, 2.05) is 35.7 Å². The summed E-state index contributed by atoms with van der Waals surface area (Å²) in [5.41, 5.74) is -2.56. The van der Waals surface area contributed by atoms with Crippen molar-refractivity contribution >= 4 is 45.6 Å². The molecule has 2 aromatic heterocycles. The first-order chi connectivity index (χ1) is 13.6. The Balaban J connectivity index is 0.00000320. The fourth-order valence-electron chi connectivity index (χ4n) is 3.23. The number of aromatic nitrogens is 2. The zero-order valence-electron chi connectivity index (χ0n) is 16.5. The topological polar surface area (TPSA) is 91.1 Å². The van der Waals surface area contributed by atoms with Crippen LogP contribution < -0.4 is 10.6 Å². The van der Waals surface area contributed by atoms with Gasteiger partial charge in [0.05, 0.1) is 12.2 Å². The van der Waals surface area contributed by atoms with E-state index in [9.17, 15) is 21.6 Å². The summed E-state index contributed by atoms with van der Waals surface area (Å²) in [7, 11) is -3.68. The van der Waals surface area contributed by atoms with Crippen LogP contribution in [0, 0.1) is 6.92 Å². The Morgan fingerprint density at radius 1 is 1.30 bits per heavy atom. The van der Waals surface area contributed by atoms with Crippen LogP contribution in [0.25, 0.3) is 5.65 Å². The molecule has 168 valence electrons. The molecule has 3 heterocycles. The highest BCUT2D eigenvalue weighted by Crippen LogP contribution is 2.28. The van der Waals surface area contributed by atoms with E-state index in [4.69, 9.17) is 0 Å². The average molecular weight is 560 g/mol. The third kappa shape index (κ3) is 5.35. The lowest BCUT2D eigenvalue weighted by molar-refractivity contribution is -0.0494. The summed E-state index contributed by atoms with van der Waals surface area (Å²) in [6.07, 6.45) is 2.43. The third-order valence-corrected chi connectivity index (χ3v) is 6.46. The summed E-state index contributed by atoms with van der Waals surface area (Å²) < 4.78 is 63.4. The molecule has 0 amide bonds. The van der Waals surface area contributed by atoms with Gasteiger partial charge in [0.25, 0.3) is 0 Å². The number of halogens is 4. The van der Waals surface area contributed by atoms with Crippen LogP contribution in [0.3, 0.4) is 0 Å². The minimum atomic E-state index is -5.27. The van der Waals surface area contributed by atoms with Gasteiger partial charge < -0.3 is 15.0 Å². The summed E-state index contributed by atoms with van der Waals surface area (Å²) in [6, 6.07) is 5.65. The van der Waals surface area contributed by atoms with E-state index in [1.54, 1.807) is 7.05 Å². The van der Waals surface area contributed by atoms with E-state index in [2.05, 4.69) is 20.6 Å². The molecule has 0 bridgehead atoms. The Kier molecular flexibility index (Phi) is 7.96. The van der Waals surface area contributed by atoms with E-state index in [0.29, 0.717) is 16.8 Å². The lowest BCUT2D eigenvalue weighted by Gasteiger charge is -2.32. The monoisotopic (exact) mass is 560 g/mol. The number of alkyl halides is 3. The van der Waals surface area contributed by atoms with Gasteiger partial charge in [-0.3, -0.25) is 4.99 Å². The molecular formula is C17H24F3IN6O2S. The van der Waals surface area contributed by atoms with Gasteiger partial charge in [-0.05, 0) is 31.9 Å². The average Bonchev–Trinajstić information content (AvgIpc) is 3.09. The Morgan fingerprint density at radius 2 is 1.97 bits per heavy atom. The Labute approximate surface area is 190 Å². The smallest absolute Gasteiger partial charge is 0.354 e. The summed E-state index contributed by atoms with van der Waals surface area (Å²) >= 11 is 0. The summed E-state index contributed by atoms with van der Waals surface area (Å²) in [5, 5.41) is 6.26. The van der Waals surface area contributed by atoms with Crippen molar-refractivity contribution in [2.75, 3.05) is 20.1 Å². The number of rotatable bonds is 4. The molecule has 0 atom stereocenters. The standard InChI is InChI=1S/C17H23F3N6O2S.HI/c1-12-4-3-5-15-23-14(11-26(12)15)10-22-16(21-2)24-13-6-8-25(9-7-13)29(27,28)17(18,19)20;/h3-5,11,13H,6-10H2,1-2H3,(H2,21,22,24);1H. The lowest BCUT2D eigenvalue weighted by Crippen LogP contribution is -2.51. The van der Waals surface area contributed by atoms with Gasteiger partial charge in [-0.1, -0.05) is 6.07 Å². The van der Waals surface area contributed by atoms with E-state index >= 15 is 0 Å². The fourth-order valence-corrected chi connectivity index (χ4v) is 4.22.